The zero-order valence-electron chi connectivity index (χ0n) is 8.34. The van der Waals surface area contributed by atoms with Gasteiger partial charge in [0.2, 0.25) is 0 Å². The molecular formula is C10H10FN5. The summed E-state index contributed by atoms with van der Waals surface area (Å²) < 4.78 is 13.0. The molecule has 0 aromatic carbocycles. The molecule has 16 heavy (non-hydrogen) atoms. The number of hydrogen-bond donors (Lipinski definition) is 2. The zero-order chi connectivity index (χ0) is 11.4. The van der Waals surface area contributed by atoms with Crippen LogP contribution in [0, 0.1) is 5.82 Å². The van der Waals surface area contributed by atoms with Crippen molar-refractivity contribution in [1.82, 2.24) is 20.4 Å². The van der Waals surface area contributed by atoms with Crippen molar-refractivity contribution in [3.8, 4) is 0 Å². The zero-order valence-corrected chi connectivity index (χ0v) is 8.34. The summed E-state index contributed by atoms with van der Waals surface area (Å²) in [6, 6.07) is 2.57. The standard InChI is InChI=1S/C10H10FN5/c11-8-4-7(5-13-6-8)9(16-12)10-14-2-1-3-15-10/h1-6,9,16H,12H2. The Labute approximate surface area is 91.5 Å². The molecule has 3 N–H and O–H groups in total. The molecule has 1 unspecified atom stereocenters. The molecule has 5 nitrogen and oxygen atoms in total. The third-order valence-electron chi connectivity index (χ3n) is 2.07. The maximum absolute atomic E-state index is 13.0. The Kier molecular flexibility index (Phi) is 3.13. The van der Waals surface area contributed by atoms with Crippen molar-refractivity contribution in [2.75, 3.05) is 0 Å². The topological polar surface area (TPSA) is 76.7 Å². The molecule has 0 aliphatic rings. The van der Waals surface area contributed by atoms with Gasteiger partial charge in [0.25, 0.3) is 0 Å². The molecule has 2 heterocycles. The second kappa shape index (κ2) is 4.73. The molecule has 0 saturated carbocycles. The van der Waals surface area contributed by atoms with Crippen LogP contribution in [0.2, 0.25) is 0 Å². The number of hydrazine groups is 1. The highest BCUT2D eigenvalue weighted by atomic mass is 19.1. The summed E-state index contributed by atoms with van der Waals surface area (Å²) in [5.41, 5.74) is 3.11. The third-order valence-corrected chi connectivity index (χ3v) is 2.07. The van der Waals surface area contributed by atoms with Crippen LogP contribution in [-0.4, -0.2) is 15.0 Å². The quantitative estimate of drug-likeness (QED) is 0.582. The summed E-state index contributed by atoms with van der Waals surface area (Å²) in [6.45, 7) is 0. The molecule has 82 valence electrons. The minimum absolute atomic E-state index is 0.423. The number of aromatic nitrogens is 3. The van der Waals surface area contributed by atoms with Gasteiger partial charge in [-0.25, -0.2) is 19.8 Å². The molecule has 6 heteroatoms. The largest absolute Gasteiger partial charge is 0.270 e. The highest BCUT2D eigenvalue weighted by molar-refractivity contribution is 5.21. The third kappa shape index (κ3) is 2.18. The number of nitrogens with one attached hydrogen (secondary N) is 1. The summed E-state index contributed by atoms with van der Waals surface area (Å²) in [5, 5.41) is 0. The second-order valence-electron chi connectivity index (χ2n) is 3.14. The Bertz CT molecular complexity index is 462. The molecule has 0 amide bonds. The summed E-state index contributed by atoms with van der Waals surface area (Å²) in [6.07, 6.45) is 5.84. The first-order valence-corrected chi connectivity index (χ1v) is 4.65. The van der Waals surface area contributed by atoms with Crippen LogP contribution >= 0.6 is 0 Å². The van der Waals surface area contributed by atoms with Gasteiger partial charge in [0.05, 0.1) is 6.20 Å². The van der Waals surface area contributed by atoms with E-state index in [4.69, 9.17) is 5.84 Å². The molecule has 2 rings (SSSR count). The predicted octanol–water partition coefficient (Wildman–Crippen LogP) is 0.563. The van der Waals surface area contributed by atoms with Crippen molar-refractivity contribution in [1.29, 1.82) is 0 Å². The van der Waals surface area contributed by atoms with Crippen LogP contribution in [0.3, 0.4) is 0 Å². The number of rotatable bonds is 3. The maximum Gasteiger partial charge on any atom is 0.150 e. The molecule has 0 aliphatic carbocycles. The number of halogens is 1. The average molecular weight is 219 g/mol. The van der Waals surface area contributed by atoms with E-state index in [1.54, 1.807) is 18.5 Å². The highest BCUT2D eigenvalue weighted by Crippen LogP contribution is 2.16. The van der Waals surface area contributed by atoms with Crippen LogP contribution in [0.15, 0.2) is 36.9 Å². The Morgan fingerprint density at radius 2 is 2.00 bits per heavy atom. The van der Waals surface area contributed by atoms with Crippen molar-refractivity contribution in [2.45, 2.75) is 6.04 Å². The van der Waals surface area contributed by atoms with Gasteiger partial charge in [-0.05, 0) is 17.7 Å². The fraction of sp³-hybridized carbons (Fsp3) is 0.100. The molecule has 0 saturated heterocycles. The van der Waals surface area contributed by atoms with E-state index < -0.39 is 11.9 Å². The molecular weight excluding hydrogens is 209 g/mol. The van der Waals surface area contributed by atoms with Gasteiger partial charge >= 0.3 is 0 Å². The van der Waals surface area contributed by atoms with E-state index >= 15 is 0 Å². The van der Waals surface area contributed by atoms with Gasteiger partial charge in [0, 0.05) is 18.6 Å². The molecule has 0 bridgehead atoms. The Morgan fingerprint density at radius 1 is 1.25 bits per heavy atom. The summed E-state index contributed by atoms with van der Waals surface area (Å²) in [4.78, 5) is 11.9. The van der Waals surface area contributed by atoms with Gasteiger partial charge < -0.3 is 0 Å². The van der Waals surface area contributed by atoms with Gasteiger partial charge in [0.15, 0.2) is 5.82 Å². The predicted molar refractivity (Wildman–Crippen MR) is 55.4 cm³/mol. The van der Waals surface area contributed by atoms with E-state index in [1.807, 2.05) is 0 Å². The first-order valence-electron chi connectivity index (χ1n) is 4.65. The Morgan fingerprint density at radius 3 is 2.62 bits per heavy atom. The number of hydrogen-bond acceptors (Lipinski definition) is 5. The number of pyridine rings is 1. The van der Waals surface area contributed by atoms with Crippen LogP contribution in [0.25, 0.3) is 0 Å². The van der Waals surface area contributed by atoms with Gasteiger partial charge in [-0.15, -0.1) is 0 Å². The van der Waals surface area contributed by atoms with Crippen molar-refractivity contribution >= 4 is 0 Å². The molecule has 1 atom stereocenters. The van der Waals surface area contributed by atoms with E-state index in [2.05, 4.69) is 20.4 Å². The van der Waals surface area contributed by atoms with Gasteiger partial charge in [-0.1, -0.05) is 0 Å². The SMILES string of the molecule is NNC(c1cncc(F)c1)c1ncccn1. The van der Waals surface area contributed by atoms with Crippen molar-refractivity contribution in [2.24, 2.45) is 5.84 Å². The summed E-state index contributed by atoms with van der Waals surface area (Å²) in [5.74, 6) is 5.45. The number of nitrogens with two attached hydrogens (primary N) is 1. The summed E-state index contributed by atoms with van der Waals surface area (Å²) in [7, 11) is 0. The highest BCUT2D eigenvalue weighted by Gasteiger charge is 2.15. The Balaban J connectivity index is 2.37. The van der Waals surface area contributed by atoms with E-state index in [1.165, 1.54) is 12.3 Å². The van der Waals surface area contributed by atoms with E-state index in [0.29, 0.717) is 11.4 Å². The van der Waals surface area contributed by atoms with E-state index in [0.717, 1.165) is 6.20 Å². The van der Waals surface area contributed by atoms with E-state index in [9.17, 15) is 4.39 Å². The van der Waals surface area contributed by atoms with Crippen LogP contribution in [0.1, 0.15) is 17.4 Å². The molecule has 0 aliphatic heterocycles. The first-order chi connectivity index (χ1) is 7.81. The first kappa shape index (κ1) is 10.6. The lowest BCUT2D eigenvalue weighted by atomic mass is 10.1. The molecule has 2 aromatic rings. The fourth-order valence-corrected chi connectivity index (χ4v) is 1.37. The van der Waals surface area contributed by atoms with Crippen molar-refractivity contribution in [3.63, 3.8) is 0 Å². The summed E-state index contributed by atoms with van der Waals surface area (Å²) >= 11 is 0. The van der Waals surface area contributed by atoms with Gasteiger partial charge in [-0.3, -0.25) is 10.8 Å². The van der Waals surface area contributed by atoms with Crippen LogP contribution in [0.5, 0.6) is 0 Å². The lowest BCUT2D eigenvalue weighted by Gasteiger charge is -2.13. The number of nitrogens with zero attached hydrogens (tertiary/aromatic N) is 3. The maximum atomic E-state index is 13.0. The van der Waals surface area contributed by atoms with Gasteiger partial charge in [0.1, 0.15) is 11.9 Å². The normalized spacial score (nSPS) is 12.4. The smallest absolute Gasteiger partial charge is 0.150 e. The van der Waals surface area contributed by atoms with E-state index in [-0.39, 0.29) is 0 Å². The minimum Gasteiger partial charge on any atom is -0.270 e. The minimum atomic E-state index is -0.468. The Hall–Kier alpha value is -1.92. The monoisotopic (exact) mass is 219 g/mol. The fourth-order valence-electron chi connectivity index (χ4n) is 1.37. The molecule has 0 spiro atoms. The van der Waals surface area contributed by atoms with Crippen LogP contribution < -0.4 is 11.3 Å². The van der Waals surface area contributed by atoms with Crippen LogP contribution in [0.4, 0.5) is 4.39 Å². The van der Waals surface area contributed by atoms with Crippen molar-refractivity contribution in [3.05, 3.63) is 54.1 Å². The van der Waals surface area contributed by atoms with Crippen LogP contribution in [-0.2, 0) is 0 Å². The molecule has 0 fully saturated rings. The van der Waals surface area contributed by atoms with Gasteiger partial charge in [-0.2, -0.15) is 0 Å². The second-order valence-corrected chi connectivity index (χ2v) is 3.14. The molecule has 0 radical (unpaired) electrons. The average Bonchev–Trinajstić information content (AvgIpc) is 2.31. The lowest BCUT2D eigenvalue weighted by Crippen LogP contribution is -2.30. The lowest BCUT2D eigenvalue weighted by molar-refractivity contribution is 0.580. The molecule has 2 aromatic heterocycles. The van der Waals surface area contributed by atoms with Crippen molar-refractivity contribution < 1.29 is 4.39 Å².